The first kappa shape index (κ1) is 9.14. The van der Waals surface area contributed by atoms with Gasteiger partial charge in [-0.05, 0) is 6.07 Å². The highest BCUT2D eigenvalue weighted by Crippen LogP contribution is 2.29. The van der Waals surface area contributed by atoms with Gasteiger partial charge in [0.25, 0.3) is 0 Å². The first-order valence-electron chi connectivity index (χ1n) is 3.50. The summed E-state index contributed by atoms with van der Waals surface area (Å²) < 4.78 is 30.4. The van der Waals surface area contributed by atoms with Crippen molar-refractivity contribution < 1.29 is 23.1 Å². The summed E-state index contributed by atoms with van der Waals surface area (Å²) in [6.45, 7) is 0. The minimum atomic E-state index is -1.18. The third-order valence-corrected chi connectivity index (χ3v) is 2.12. The molecule has 6 heteroatoms. The number of cyclic esters (lactones) is 2. The van der Waals surface area contributed by atoms with Crippen LogP contribution in [0.15, 0.2) is 11.0 Å². The van der Waals surface area contributed by atoms with Gasteiger partial charge in [-0.3, -0.25) is 0 Å². The van der Waals surface area contributed by atoms with Gasteiger partial charge < -0.3 is 4.74 Å². The van der Waals surface area contributed by atoms with Gasteiger partial charge in [0, 0.05) is 4.90 Å². The van der Waals surface area contributed by atoms with Crippen LogP contribution in [-0.4, -0.2) is 11.9 Å². The molecule has 0 saturated heterocycles. The van der Waals surface area contributed by atoms with Crippen LogP contribution in [0.4, 0.5) is 8.78 Å². The lowest BCUT2D eigenvalue weighted by Crippen LogP contribution is -2.00. The normalized spacial score (nSPS) is 14.2. The minimum absolute atomic E-state index is 0.340. The second-order valence-corrected chi connectivity index (χ2v) is 3.10. The number of rotatable bonds is 0. The van der Waals surface area contributed by atoms with Crippen LogP contribution in [0.5, 0.6) is 0 Å². The highest BCUT2D eigenvalue weighted by atomic mass is 32.1. The van der Waals surface area contributed by atoms with Crippen LogP contribution in [-0.2, 0) is 4.74 Å². The molecule has 0 fully saturated rings. The number of esters is 2. The molecular formula is C8H2F2O3S. The third-order valence-electron chi connectivity index (χ3n) is 1.79. The van der Waals surface area contributed by atoms with Crippen LogP contribution in [0.3, 0.4) is 0 Å². The summed E-state index contributed by atoms with van der Waals surface area (Å²) in [5.41, 5.74) is -1.34. The van der Waals surface area contributed by atoms with Crippen LogP contribution in [0.2, 0.25) is 0 Å². The summed E-state index contributed by atoms with van der Waals surface area (Å²) in [4.78, 5) is 21.5. The number of hydrogen-bond acceptors (Lipinski definition) is 4. The van der Waals surface area contributed by atoms with E-state index in [4.69, 9.17) is 0 Å². The van der Waals surface area contributed by atoms with Crippen molar-refractivity contribution in [1.82, 2.24) is 0 Å². The molecular weight excluding hydrogens is 214 g/mol. The van der Waals surface area contributed by atoms with E-state index in [-0.39, 0.29) is 4.90 Å². The smallest absolute Gasteiger partial charge is 0.350 e. The Morgan fingerprint density at radius 3 is 2.36 bits per heavy atom. The lowest BCUT2D eigenvalue weighted by atomic mass is 10.1. The van der Waals surface area contributed by atoms with Crippen molar-refractivity contribution in [2.75, 3.05) is 0 Å². The quantitative estimate of drug-likeness (QED) is 0.406. The molecule has 0 saturated carbocycles. The summed E-state index contributed by atoms with van der Waals surface area (Å²) in [6.07, 6.45) is 0. The molecule has 1 heterocycles. The number of benzene rings is 1. The fourth-order valence-corrected chi connectivity index (χ4v) is 1.42. The molecule has 0 N–H and O–H groups in total. The molecule has 0 amide bonds. The molecule has 14 heavy (non-hydrogen) atoms. The average Bonchev–Trinajstić information content (AvgIpc) is 2.38. The maximum absolute atomic E-state index is 13.2. The van der Waals surface area contributed by atoms with E-state index in [2.05, 4.69) is 17.4 Å². The van der Waals surface area contributed by atoms with Crippen LogP contribution < -0.4 is 0 Å². The van der Waals surface area contributed by atoms with E-state index < -0.39 is 34.7 Å². The molecule has 1 aliphatic heterocycles. The molecule has 3 nitrogen and oxygen atoms in total. The lowest BCUT2D eigenvalue weighted by Gasteiger charge is -1.99. The number of thiol groups is 1. The number of fused-ring (bicyclic) bond motifs is 1. The van der Waals surface area contributed by atoms with Crippen molar-refractivity contribution in [3.05, 3.63) is 28.8 Å². The Morgan fingerprint density at radius 2 is 1.71 bits per heavy atom. The van der Waals surface area contributed by atoms with Crippen molar-refractivity contribution in [3.8, 4) is 0 Å². The predicted molar refractivity (Wildman–Crippen MR) is 43.4 cm³/mol. The number of carbonyl (C=O) groups is 2. The molecule has 0 atom stereocenters. The van der Waals surface area contributed by atoms with E-state index in [1.165, 1.54) is 0 Å². The Hall–Kier alpha value is -1.43. The Labute approximate surface area is 82.1 Å². The van der Waals surface area contributed by atoms with Gasteiger partial charge in [-0.2, -0.15) is 0 Å². The molecule has 2 rings (SSSR count). The van der Waals surface area contributed by atoms with Crippen LogP contribution in [0.1, 0.15) is 20.7 Å². The molecule has 0 radical (unpaired) electrons. The first-order valence-corrected chi connectivity index (χ1v) is 3.94. The van der Waals surface area contributed by atoms with Crippen LogP contribution in [0.25, 0.3) is 0 Å². The van der Waals surface area contributed by atoms with Gasteiger partial charge in [0.2, 0.25) is 0 Å². The Balaban J connectivity index is 2.86. The Bertz CT molecular complexity index is 470. The summed E-state index contributed by atoms with van der Waals surface area (Å²) in [5, 5.41) is 0. The Kier molecular flexibility index (Phi) is 1.81. The van der Waals surface area contributed by atoms with E-state index in [1.807, 2.05) is 0 Å². The summed E-state index contributed by atoms with van der Waals surface area (Å²) >= 11 is 3.60. The molecule has 0 aromatic heterocycles. The van der Waals surface area contributed by atoms with E-state index in [9.17, 15) is 18.4 Å². The van der Waals surface area contributed by atoms with Gasteiger partial charge in [0.1, 0.15) is 16.9 Å². The lowest BCUT2D eigenvalue weighted by molar-refractivity contribution is 0.0441. The summed E-state index contributed by atoms with van der Waals surface area (Å²) in [5.74, 6) is -4.41. The van der Waals surface area contributed by atoms with E-state index in [0.29, 0.717) is 0 Å². The topological polar surface area (TPSA) is 43.4 Å². The first-order chi connectivity index (χ1) is 6.52. The zero-order valence-corrected chi connectivity index (χ0v) is 7.40. The second kappa shape index (κ2) is 2.78. The number of carbonyl (C=O) groups excluding carboxylic acids is 2. The molecule has 0 aliphatic carbocycles. The highest BCUT2D eigenvalue weighted by molar-refractivity contribution is 7.80. The van der Waals surface area contributed by atoms with Gasteiger partial charge in [0.05, 0.1) is 0 Å². The molecule has 0 bridgehead atoms. The average molecular weight is 216 g/mol. The van der Waals surface area contributed by atoms with E-state index in [1.54, 1.807) is 0 Å². The zero-order valence-electron chi connectivity index (χ0n) is 6.51. The molecule has 1 aromatic rings. The predicted octanol–water partition coefficient (Wildman–Crippen LogP) is 1.56. The van der Waals surface area contributed by atoms with E-state index >= 15 is 0 Å². The van der Waals surface area contributed by atoms with Crippen LogP contribution >= 0.6 is 12.6 Å². The SMILES string of the molecule is O=C1OC(=O)c2c(F)c(S)cc(F)c21. The fourth-order valence-electron chi connectivity index (χ4n) is 1.19. The fraction of sp³-hybridized carbons (Fsp3) is 0. The summed E-state index contributed by atoms with van der Waals surface area (Å²) in [7, 11) is 0. The molecule has 1 aliphatic rings. The molecule has 0 spiro atoms. The largest absolute Gasteiger partial charge is 0.385 e. The van der Waals surface area contributed by atoms with Gasteiger partial charge in [-0.1, -0.05) is 0 Å². The van der Waals surface area contributed by atoms with Crippen molar-refractivity contribution in [2.45, 2.75) is 4.90 Å². The molecule has 72 valence electrons. The molecule has 0 unspecified atom stereocenters. The van der Waals surface area contributed by atoms with Gasteiger partial charge in [-0.15, -0.1) is 12.6 Å². The van der Waals surface area contributed by atoms with Crippen molar-refractivity contribution in [3.63, 3.8) is 0 Å². The summed E-state index contributed by atoms with van der Waals surface area (Å²) in [6, 6.07) is 0.719. The number of ether oxygens (including phenoxy) is 1. The van der Waals surface area contributed by atoms with E-state index in [0.717, 1.165) is 6.07 Å². The maximum Gasteiger partial charge on any atom is 0.350 e. The second-order valence-electron chi connectivity index (χ2n) is 2.62. The number of hydrogen-bond donors (Lipinski definition) is 1. The zero-order chi connectivity index (χ0) is 10.5. The Morgan fingerprint density at radius 1 is 1.14 bits per heavy atom. The van der Waals surface area contributed by atoms with Crippen molar-refractivity contribution in [2.24, 2.45) is 0 Å². The van der Waals surface area contributed by atoms with Crippen molar-refractivity contribution >= 4 is 24.6 Å². The molecule has 1 aromatic carbocycles. The maximum atomic E-state index is 13.2. The minimum Gasteiger partial charge on any atom is -0.385 e. The van der Waals surface area contributed by atoms with Gasteiger partial charge >= 0.3 is 11.9 Å². The highest BCUT2D eigenvalue weighted by Gasteiger charge is 2.37. The standard InChI is InChI=1S/C8H2F2O3S/c9-2-1-3(14)6(10)5-4(2)7(11)13-8(5)12/h1,14H. The number of halogens is 2. The van der Waals surface area contributed by atoms with Crippen LogP contribution in [0, 0.1) is 11.6 Å². The van der Waals surface area contributed by atoms with Gasteiger partial charge in [0.15, 0.2) is 5.82 Å². The van der Waals surface area contributed by atoms with Crippen molar-refractivity contribution in [1.29, 1.82) is 0 Å². The third kappa shape index (κ3) is 1.04. The van der Waals surface area contributed by atoms with Gasteiger partial charge in [-0.25, -0.2) is 18.4 Å². The monoisotopic (exact) mass is 216 g/mol.